The first-order valence-electron chi connectivity index (χ1n) is 7.14. The van der Waals surface area contributed by atoms with Crippen LogP contribution in [0.3, 0.4) is 0 Å². The minimum Gasteiger partial charge on any atom is -0.345 e. The highest BCUT2D eigenvalue weighted by molar-refractivity contribution is 8.00. The predicted molar refractivity (Wildman–Crippen MR) is 88.1 cm³/mol. The van der Waals surface area contributed by atoms with Crippen LogP contribution in [0.2, 0.25) is 0 Å². The molecular formula is C16H17N3O2S. The Hall–Kier alpha value is -2.08. The van der Waals surface area contributed by atoms with Crippen LogP contribution in [-0.4, -0.2) is 39.2 Å². The van der Waals surface area contributed by atoms with Crippen molar-refractivity contribution in [3.8, 4) is 0 Å². The topological polar surface area (TPSA) is 55.2 Å². The number of amides is 1. The molecule has 1 amide bonds. The summed E-state index contributed by atoms with van der Waals surface area (Å²) in [5.74, 6) is 0.0950. The molecule has 2 heterocycles. The van der Waals surface area contributed by atoms with E-state index < -0.39 is 0 Å². The fourth-order valence-electron chi connectivity index (χ4n) is 2.55. The molecule has 5 nitrogen and oxygen atoms in total. The minimum atomic E-state index is -0.172. The quantitative estimate of drug-likeness (QED) is 0.639. The van der Waals surface area contributed by atoms with Gasteiger partial charge in [0, 0.05) is 20.1 Å². The molecule has 0 N–H and O–H groups in total. The number of benzene rings is 1. The molecule has 1 unspecified atom stereocenters. The predicted octanol–water partition coefficient (Wildman–Crippen LogP) is 1.91. The maximum absolute atomic E-state index is 12.6. The van der Waals surface area contributed by atoms with Crippen LogP contribution in [0.15, 0.2) is 46.9 Å². The van der Waals surface area contributed by atoms with Crippen LogP contribution < -0.4 is 5.56 Å². The van der Waals surface area contributed by atoms with Gasteiger partial charge in [-0.25, -0.2) is 4.98 Å². The Bertz CT molecular complexity index is 800. The number of rotatable bonds is 4. The number of likely N-dealkylation sites (tertiary alicyclic amines) is 1. The standard InChI is InChI=1S/C16H17N3O2S/c1-3-9-19-14(20)11-6-4-5-7-12(11)17-16(19)22-13-8-10-18(2)15(13)21/h3-7,13H,1,8-10H2,2H3. The summed E-state index contributed by atoms with van der Waals surface area (Å²) in [4.78, 5) is 31.0. The van der Waals surface area contributed by atoms with E-state index in [1.165, 1.54) is 11.8 Å². The number of carbonyl (C=O) groups excluding carboxylic acids is 1. The zero-order chi connectivity index (χ0) is 15.7. The lowest BCUT2D eigenvalue weighted by Crippen LogP contribution is -2.26. The van der Waals surface area contributed by atoms with Gasteiger partial charge in [-0.1, -0.05) is 30.0 Å². The van der Waals surface area contributed by atoms with Gasteiger partial charge in [0.1, 0.15) is 0 Å². The molecule has 6 heteroatoms. The zero-order valence-corrected chi connectivity index (χ0v) is 13.2. The molecule has 1 aliphatic heterocycles. The van der Waals surface area contributed by atoms with Gasteiger partial charge in [0.05, 0.1) is 16.2 Å². The van der Waals surface area contributed by atoms with E-state index >= 15 is 0 Å². The molecule has 0 bridgehead atoms. The summed E-state index contributed by atoms with van der Waals surface area (Å²) in [5.41, 5.74) is 0.570. The van der Waals surface area contributed by atoms with Crippen molar-refractivity contribution in [2.45, 2.75) is 23.4 Å². The number of thioether (sulfide) groups is 1. The highest BCUT2D eigenvalue weighted by Crippen LogP contribution is 2.29. The Balaban J connectivity index is 2.07. The number of carbonyl (C=O) groups is 1. The van der Waals surface area contributed by atoms with Gasteiger partial charge < -0.3 is 4.90 Å². The normalized spacial score (nSPS) is 18.1. The van der Waals surface area contributed by atoms with E-state index in [4.69, 9.17) is 0 Å². The molecule has 1 aromatic carbocycles. The van der Waals surface area contributed by atoms with E-state index in [0.717, 1.165) is 13.0 Å². The van der Waals surface area contributed by atoms with Crippen molar-refractivity contribution in [3.63, 3.8) is 0 Å². The average molecular weight is 315 g/mol. The van der Waals surface area contributed by atoms with Crippen LogP contribution in [0.1, 0.15) is 6.42 Å². The van der Waals surface area contributed by atoms with Gasteiger partial charge in [-0.2, -0.15) is 0 Å². The number of fused-ring (bicyclic) bond motifs is 1. The average Bonchev–Trinajstić information content (AvgIpc) is 2.83. The van der Waals surface area contributed by atoms with Crippen molar-refractivity contribution in [2.24, 2.45) is 0 Å². The zero-order valence-electron chi connectivity index (χ0n) is 12.4. The van der Waals surface area contributed by atoms with Gasteiger partial charge in [0.25, 0.3) is 5.56 Å². The van der Waals surface area contributed by atoms with Crippen molar-refractivity contribution in [1.29, 1.82) is 0 Å². The Labute approximate surface area is 132 Å². The monoisotopic (exact) mass is 315 g/mol. The van der Waals surface area contributed by atoms with E-state index in [0.29, 0.717) is 22.6 Å². The van der Waals surface area contributed by atoms with Crippen LogP contribution in [-0.2, 0) is 11.3 Å². The molecule has 0 saturated carbocycles. The van der Waals surface area contributed by atoms with Crippen LogP contribution in [0, 0.1) is 0 Å². The summed E-state index contributed by atoms with van der Waals surface area (Å²) in [7, 11) is 1.80. The van der Waals surface area contributed by atoms with Gasteiger partial charge in [-0.3, -0.25) is 14.2 Å². The molecular weight excluding hydrogens is 298 g/mol. The minimum absolute atomic E-state index is 0.0909. The summed E-state index contributed by atoms with van der Waals surface area (Å²) in [6.07, 6.45) is 2.45. The van der Waals surface area contributed by atoms with E-state index in [-0.39, 0.29) is 16.7 Å². The maximum atomic E-state index is 12.6. The molecule has 1 aliphatic rings. The largest absolute Gasteiger partial charge is 0.345 e. The fraction of sp³-hybridized carbons (Fsp3) is 0.312. The maximum Gasteiger partial charge on any atom is 0.262 e. The summed E-state index contributed by atoms with van der Waals surface area (Å²) in [6, 6.07) is 7.27. The highest BCUT2D eigenvalue weighted by atomic mass is 32.2. The first-order valence-corrected chi connectivity index (χ1v) is 8.02. The van der Waals surface area contributed by atoms with Crippen molar-refractivity contribution >= 4 is 28.6 Å². The number of allylic oxidation sites excluding steroid dienone is 1. The number of para-hydroxylation sites is 1. The lowest BCUT2D eigenvalue weighted by molar-refractivity contribution is -0.126. The lowest BCUT2D eigenvalue weighted by atomic mass is 10.2. The lowest BCUT2D eigenvalue weighted by Gasteiger charge is -2.14. The third-order valence-corrected chi connectivity index (χ3v) is 5.01. The molecule has 2 aromatic rings. The molecule has 1 fully saturated rings. The van der Waals surface area contributed by atoms with Gasteiger partial charge in [0.15, 0.2) is 5.16 Å². The van der Waals surface area contributed by atoms with Crippen LogP contribution in [0.4, 0.5) is 0 Å². The van der Waals surface area contributed by atoms with E-state index in [1.54, 1.807) is 28.7 Å². The third-order valence-electron chi connectivity index (χ3n) is 3.76. The molecule has 0 radical (unpaired) electrons. The molecule has 0 spiro atoms. The molecule has 1 atom stereocenters. The van der Waals surface area contributed by atoms with Crippen LogP contribution in [0.25, 0.3) is 10.9 Å². The fourth-order valence-corrected chi connectivity index (χ4v) is 3.75. The molecule has 114 valence electrons. The summed E-state index contributed by atoms with van der Waals surface area (Å²) >= 11 is 1.37. The van der Waals surface area contributed by atoms with E-state index in [1.807, 2.05) is 18.2 Å². The first-order chi connectivity index (χ1) is 10.6. The van der Waals surface area contributed by atoms with Gasteiger partial charge in [-0.05, 0) is 18.6 Å². The second kappa shape index (κ2) is 5.96. The second-order valence-electron chi connectivity index (χ2n) is 5.27. The van der Waals surface area contributed by atoms with E-state index in [9.17, 15) is 9.59 Å². The first kappa shape index (κ1) is 14.8. The van der Waals surface area contributed by atoms with E-state index in [2.05, 4.69) is 11.6 Å². The number of hydrogen-bond acceptors (Lipinski definition) is 4. The molecule has 1 aromatic heterocycles. The van der Waals surface area contributed by atoms with Crippen LogP contribution >= 0.6 is 11.8 Å². The van der Waals surface area contributed by atoms with Crippen molar-refractivity contribution < 1.29 is 4.79 Å². The Morgan fingerprint density at radius 1 is 1.41 bits per heavy atom. The van der Waals surface area contributed by atoms with Crippen molar-refractivity contribution in [3.05, 3.63) is 47.3 Å². The summed E-state index contributed by atoms with van der Waals surface area (Å²) in [5, 5.41) is 0.995. The number of hydrogen-bond donors (Lipinski definition) is 0. The number of nitrogens with zero attached hydrogens (tertiary/aromatic N) is 3. The molecule has 22 heavy (non-hydrogen) atoms. The Kier molecular flexibility index (Phi) is 4.02. The molecule has 1 saturated heterocycles. The summed E-state index contributed by atoms with van der Waals surface area (Å²) in [6.45, 7) is 4.84. The van der Waals surface area contributed by atoms with Crippen LogP contribution in [0.5, 0.6) is 0 Å². The number of aromatic nitrogens is 2. The van der Waals surface area contributed by atoms with Gasteiger partial charge >= 0.3 is 0 Å². The van der Waals surface area contributed by atoms with Crippen molar-refractivity contribution in [2.75, 3.05) is 13.6 Å². The summed E-state index contributed by atoms with van der Waals surface area (Å²) < 4.78 is 1.59. The van der Waals surface area contributed by atoms with Gasteiger partial charge in [0.2, 0.25) is 5.91 Å². The molecule has 3 rings (SSSR count). The highest BCUT2D eigenvalue weighted by Gasteiger charge is 2.31. The second-order valence-corrected chi connectivity index (χ2v) is 6.44. The van der Waals surface area contributed by atoms with Crippen molar-refractivity contribution in [1.82, 2.24) is 14.5 Å². The Morgan fingerprint density at radius 3 is 2.86 bits per heavy atom. The third kappa shape index (κ3) is 2.54. The SMILES string of the molecule is C=CCn1c(SC2CCN(C)C2=O)nc2ccccc2c1=O. The molecule has 0 aliphatic carbocycles. The van der Waals surface area contributed by atoms with Gasteiger partial charge in [-0.15, -0.1) is 6.58 Å². The smallest absolute Gasteiger partial charge is 0.262 e. The Morgan fingerprint density at radius 2 is 2.18 bits per heavy atom.